The van der Waals surface area contributed by atoms with E-state index in [2.05, 4.69) is 20.9 Å². The van der Waals surface area contributed by atoms with Gasteiger partial charge in [-0.05, 0) is 67.9 Å². The maximum Gasteiger partial charge on any atom is 0.322 e. The summed E-state index contributed by atoms with van der Waals surface area (Å²) in [7, 11) is 0. The predicted octanol–water partition coefficient (Wildman–Crippen LogP) is 3.00. The van der Waals surface area contributed by atoms with E-state index in [-0.39, 0.29) is 11.5 Å². The molecule has 0 radical (unpaired) electrons. The van der Waals surface area contributed by atoms with Gasteiger partial charge in [-0.15, -0.1) is 0 Å². The number of carbonyl (C=O) groups excluding carboxylic acids is 3. The standard InChI is InChI=1S/C26H21N5O4/c1-15-27-21-9-4-3-8-20(21)23(33)31(15)19-12-10-16(11-13-19)22(32)28-18-7-5-6-17(14-18)26(2)24(34)29-25(35)30-26/h3-14H,1-2H3,(H,28,32)(H2,29,30,34,35). The monoisotopic (exact) mass is 467 g/mol. The van der Waals surface area contributed by atoms with Crippen LogP contribution in [-0.4, -0.2) is 27.4 Å². The molecule has 3 N–H and O–H groups in total. The van der Waals surface area contributed by atoms with Gasteiger partial charge in [0.1, 0.15) is 11.4 Å². The highest BCUT2D eigenvalue weighted by Gasteiger charge is 2.43. The van der Waals surface area contributed by atoms with Gasteiger partial charge in [-0.2, -0.15) is 0 Å². The number of nitrogens with one attached hydrogen (secondary N) is 3. The molecule has 4 amide bonds. The molecule has 4 aromatic rings. The highest BCUT2D eigenvalue weighted by molar-refractivity contribution is 6.08. The van der Waals surface area contributed by atoms with E-state index in [0.29, 0.717) is 39.2 Å². The van der Waals surface area contributed by atoms with E-state index < -0.39 is 17.5 Å². The Labute approximate surface area is 199 Å². The van der Waals surface area contributed by atoms with Crippen molar-refractivity contribution in [1.29, 1.82) is 0 Å². The highest BCUT2D eigenvalue weighted by Crippen LogP contribution is 2.26. The summed E-state index contributed by atoms with van der Waals surface area (Å²) in [5.41, 5.74) is 1.21. The van der Waals surface area contributed by atoms with Crippen LogP contribution in [-0.2, 0) is 10.3 Å². The molecule has 5 rings (SSSR count). The van der Waals surface area contributed by atoms with E-state index in [1.165, 1.54) is 4.57 Å². The summed E-state index contributed by atoms with van der Waals surface area (Å²) in [6.45, 7) is 3.35. The first-order chi connectivity index (χ1) is 16.8. The zero-order valence-corrected chi connectivity index (χ0v) is 19.0. The van der Waals surface area contributed by atoms with Gasteiger partial charge < -0.3 is 10.6 Å². The van der Waals surface area contributed by atoms with Crippen molar-refractivity contribution in [2.45, 2.75) is 19.4 Å². The van der Waals surface area contributed by atoms with E-state index in [1.54, 1.807) is 80.6 Å². The van der Waals surface area contributed by atoms with Crippen molar-refractivity contribution in [2.75, 3.05) is 5.32 Å². The number of benzene rings is 3. The molecule has 9 heteroatoms. The maximum absolute atomic E-state index is 13.0. The third-order valence-electron chi connectivity index (χ3n) is 6.07. The molecular formula is C26H21N5O4. The van der Waals surface area contributed by atoms with Crippen LogP contribution in [0.5, 0.6) is 0 Å². The minimum absolute atomic E-state index is 0.182. The van der Waals surface area contributed by atoms with Gasteiger partial charge in [0.05, 0.1) is 16.6 Å². The van der Waals surface area contributed by atoms with Crippen molar-refractivity contribution >= 4 is 34.4 Å². The number of amides is 4. The van der Waals surface area contributed by atoms with Gasteiger partial charge in [0, 0.05) is 11.3 Å². The number of anilines is 1. The minimum Gasteiger partial charge on any atom is -0.322 e. The van der Waals surface area contributed by atoms with Crippen molar-refractivity contribution in [2.24, 2.45) is 0 Å². The Morgan fingerprint density at radius 2 is 1.71 bits per heavy atom. The van der Waals surface area contributed by atoms with Crippen LogP contribution in [0.15, 0.2) is 77.6 Å². The largest absolute Gasteiger partial charge is 0.322 e. The fourth-order valence-electron chi connectivity index (χ4n) is 4.17. The maximum atomic E-state index is 13.0. The van der Waals surface area contributed by atoms with Crippen molar-refractivity contribution in [3.63, 3.8) is 0 Å². The lowest BCUT2D eigenvalue weighted by molar-refractivity contribution is -0.123. The number of imide groups is 1. The molecule has 1 atom stereocenters. The summed E-state index contributed by atoms with van der Waals surface area (Å²) in [6.07, 6.45) is 0. The fraction of sp³-hybridized carbons (Fsp3) is 0.115. The third-order valence-corrected chi connectivity index (χ3v) is 6.07. The molecule has 0 saturated carbocycles. The van der Waals surface area contributed by atoms with Crippen molar-refractivity contribution in [1.82, 2.24) is 20.2 Å². The summed E-state index contributed by atoms with van der Waals surface area (Å²) in [4.78, 5) is 54.2. The number of aryl methyl sites for hydroxylation is 1. The number of urea groups is 1. The van der Waals surface area contributed by atoms with Crippen LogP contribution in [0.2, 0.25) is 0 Å². The smallest absolute Gasteiger partial charge is 0.322 e. The number of fused-ring (bicyclic) bond motifs is 1. The molecule has 0 spiro atoms. The van der Waals surface area contributed by atoms with Gasteiger partial charge in [-0.1, -0.05) is 24.3 Å². The molecule has 3 aromatic carbocycles. The SMILES string of the molecule is Cc1nc2ccccc2c(=O)n1-c1ccc(C(=O)Nc2cccc(C3(C)NC(=O)NC3=O)c2)cc1. The second-order valence-electron chi connectivity index (χ2n) is 8.43. The second-order valence-corrected chi connectivity index (χ2v) is 8.43. The molecule has 0 aliphatic carbocycles. The molecule has 1 aliphatic rings. The molecule has 1 aromatic heterocycles. The first-order valence-electron chi connectivity index (χ1n) is 10.9. The van der Waals surface area contributed by atoms with Crippen LogP contribution in [0, 0.1) is 6.92 Å². The summed E-state index contributed by atoms with van der Waals surface area (Å²) in [5.74, 6) is -0.283. The number of carbonyl (C=O) groups is 3. The van der Waals surface area contributed by atoms with E-state index in [0.717, 1.165) is 0 Å². The van der Waals surface area contributed by atoms with E-state index in [9.17, 15) is 19.2 Å². The lowest BCUT2D eigenvalue weighted by Crippen LogP contribution is -2.40. The molecule has 9 nitrogen and oxygen atoms in total. The van der Waals surface area contributed by atoms with Gasteiger partial charge in [-0.25, -0.2) is 9.78 Å². The summed E-state index contributed by atoms with van der Waals surface area (Å²) >= 11 is 0. The first kappa shape index (κ1) is 22.0. The topological polar surface area (TPSA) is 122 Å². The van der Waals surface area contributed by atoms with Crippen LogP contribution in [0.4, 0.5) is 10.5 Å². The summed E-state index contributed by atoms with van der Waals surface area (Å²) < 4.78 is 1.51. The van der Waals surface area contributed by atoms with Crippen molar-refractivity contribution in [3.8, 4) is 5.69 Å². The van der Waals surface area contributed by atoms with E-state index in [1.807, 2.05) is 6.07 Å². The quantitative estimate of drug-likeness (QED) is 0.398. The third kappa shape index (κ3) is 3.82. The van der Waals surface area contributed by atoms with Gasteiger partial charge in [0.15, 0.2) is 0 Å². The molecule has 1 fully saturated rings. The van der Waals surface area contributed by atoms with E-state index in [4.69, 9.17) is 0 Å². The molecule has 0 bridgehead atoms. The van der Waals surface area contributed by atoms with Gasteiger partial charge in [0.25, 0.3) is 17.4 Å². The summed E-state index contributed by atoms with van der Waals surface area (Å²) in [6, 6.07) is 19.9. The van der Waals surface area contributed by atoms with Crippen molar-refractivity contribution < 1.29 is 14.4 Å². The van der Waals surface area contributed by atoms with Crippen molar-refractivity contribution in [3.05, 3.63) is 100 Å². The normalized spacial score (nSPS) is 17.2. The molecule has 1 aliphatic heterocycles. The lowest BCUT2D eigenvalue weighted by atomic mass is 9.92. The Kier molecular flexibility index (Phi) is 5.17. The van der Waals surface area contributed by atoms with Gasteiger partial charge in [0.2, 0.25) is 0 Å². The van der Waals surface area contributed by atoms with Crippen LogP contribution >= 0.6 is 0 Å². The van der Waals surface area contributed by atoms with Crippen LogP contribution in [0.1, 0.15) is 28.7 Å². The second kappa shape index (κ2) is 8.21. The van der Waals surface area contributed by atoms with Crippen LogP contribution in [0.25, 0.3) is 16.6 Å². The minimum atomic E-state index is -1.22. The molecule has 174 valence electrons. The highest BCUT2D eigenvalue weighted by atomic mass is 16.2. The average molecular weight is 467 g/mol. The Morgan fingerprint density at radius 3 is 2.43 bits per heavy atom. The first-order valence-corrected chi connectivity index (χ1v) is 10.9. The molecule has 2 heterocycles. The fourth-order valence-corrected chi connectivity index (χ4v) is 4.17. The number of rotatable bonds is 4. The van der Waals surface area contributed by atoms with E-state index >= 15 is 0 Å². The number of hydrogen-bond acceptors (Lipinski definition) is 5. The predicted molar refractivity (Wildman–Crippen MR) is 130 cm³/mol. The number of hydrogen-bond donors (Lipinski definition) is 3. The van der Waals surface area contributed by atoms with Crippen LogP contribution in [0.3, 0.4) is 0 Å². The molecule has 35 heavy (non-hydrogen) atoms. The number of aromatic nitrogens is 2. The van der Waals surface area contributed by atoms with Gasteiger partial charge in [-0.3, -0.25) is 24.3 Å². The average Bonchev–Trinajstić information content (AvgIpc) is 3.11. The molecule has 1 saturated heterocycles. The Balaban J connectivity index is 1.39. The Bertz CT molecular complexity index is 1580. The molecule has 1 unspecified atom stereocenters. The number of para-hydroxylation sites is 1. The zero-order chi connectivity index (χ0) is 24.7. The number of nitrogens with zero attached hydrogens (tertiary/aromatic N) is 2. The van der Waals surface area contributed by atoms with Crippen LogP contribution < -0.4 is 21.5 Å². The summed E-state index contributed by atoms with van der Waals surface area (Å²) in [5, 5.41) is 8.15. The zero-order valence-electron chi connectivity index (χ0n) is 19.0. The van der Waals surface area contributed by atoms with Gasteiger partial charge >= 0.3 is 6.03 Å². The lowest BCUT2D eigenvalue weighted by Gasteiger charge is -2.21. The molecular weight excluding hydrogens is 446 g/mol. The Morgan fingerprint density at radius 1 is 0.971 bits per heavy atom. The Hall–Kier alpha value is -4.79.